The average molecular weight is 322 g/mol. The van der Waals surface area contributed by atoms with E-state index in [9.17, 15) is 4.79 Å². The van der Waals surface area contributed by atoms with Crippen molar-refractivity contribution >= 4 is 11.6 Å². The Kier molecular flexibility index (Phi) is 4.89. The van der Waals surface area contributed by atoms with Gasteiger partial charge in [-0.15, -0.1) is 0 Å². The standard InChI is InChI=1S/C21H26N2O/c1-16(2)21-15-22(13-18-9-5-4-6-10-18)20-12-8-7-11-19(20)14-23(21)17(3)24/h4-12,16,21H,13-15H2,1-3H3. The summed E-state index contributed by atoms with van der Waals surface area (Å²) in [6, 6.07) is 19.2. The molecule has 0 aromatic heterocycles. The third kappa shape index (κ3) is 3.45. The summed E-state index contributed by atoms with van der Waals surface area (Å²) in [7, 11) is 0. The Morgan fingerprint density at radius 3 is 2.42 bits per heavy atom. The second-order valence-corrected chi connectivity index (χ2v) is 6.95. The van der Waals surface area contributed by atoms with Crippen LogP contribution in [0.15, 0.2) is 54.6 Å². The van der Waals surface area contributed by atoms with Crippen molar-refractivity contribution in [3.05, 3.63) is 65.7 Å². The highest BCUT2D eigenvalue weighted by atomic mass is 16.2. The minimum atomic E-state index is 0.157. The number of nitrogens with zero attached hydrogens (tertiary/aromatic N) is 2. The van der Waals surface area contributed by atoms with Crippen LogP contribution in [0.25, 0.3) is 0 Å². The Balaban J connectivity index is 1.99. The molecule has 0 saturated carbocycles. The van der Waals surface area contributed by atoms with Crippen LogP contribution >= 0.6 is 0 Å². The van der Waals surface area contributed by atoms with Crippen molar-refractivity contribution in [1.82, 2.24) is 4.90 Å². The second kappa shape index (κ2) is 7.08. The van der Waals surface area contributed by atoms with Gasteiger partial charge in [-0.05, 0) is 23.1 Å². The monoisotopic (exact) mass is 322 g/mol. The number of hydrogen-bond acceptors (Lipinski definition) is 2. The van der Waals surface area contributed by atoms with Gasteiger partial charge in [-0.1, -0.05) is 62.4 Å². The molecule has 3 heteroatoms. The van der Waals surface area contributed by atoms with Crippen LogP contribution in [-0.2, 0) is 17.9 Å². The zero-order valence-electron chi connectivity index (χ0n) is 14.8. The largest absolute Gasteiger partial charge is 0.365 e. The highest BCUT2D eigenvalue weighted by molar-refractivity contribution is 5.74. The molecule has 1 amide bonds. The van der Waals surface area contributed by atoms with Crippen LogP contribution in [0.1, 0.15) is 31.9 Å². The van der Waals surface area contributed by atoms with Crippen LogP contribution in [0.5, 0.6) is 0 Å². The number of para-hydroxylation sites is 1. The summed E-state index contributed by atoms with van der Waals surface area (Å²) in [5.41, 5.74) is 3.77. The van der Waals surface area contributed by atoms with Crippen LogP contribution < -0.4 is 4.90 Å². The topological polar surface area (TPSA) is 23.6 Å². The molecule has 2 aromatic carbocycles. The molecule has 1 atom stereocenters. The minimum absolute atomic E-state index is 0.157. The van der Waals surface area contributed by atoms with Gasteiger partial charge in [-0.3, -0.25) is 4.79 Å². The Morgan fingerprint density at radius 1 is 1.08 bits per heavy atom. The molecule has 0 bridgehead atoms. The Labute approximate surface area is 144 Å². The quantitative estimate of drug-likeness (QED) is 0.850. The lowest BCUT2D eigenvalue weighted by atomic mass is 10.0. The fourth-order valence-corrected chi connectivity index (χ4v) is 3.55. The molecule has 1 aliphatic heterocycles. The first-order valence-corrected chi connectivity index (χ1v) is 8.70. The van der Waals surface area contributed by atoms with Gasteiger partial charge >= 0.3 is 0 Å². The van der Waals surface area contributed by atoms with Crippen molar-refractivity contribution in [2.75, 3.05) is 11.4 Å². The van der Waals surface area contributed by atoms with Crippen LogP contribution in [0.4, 0.5) is 5.69 Å². The molecule has 0 spiro atoms. The van der Waals surface area contributed by atoms with E-state index < -0.39 is 0 Å². The summed E-state index contributed by atoms with van der Waals surface area (Å²) < 4.78 is 0. The number of amides is 1. The molecule has 2 aromatic rings. The van der Waals surface area contributed by atoms with Gasteiger partial charge in [0.25, 0.3) is 0 Å². The zero-order chi connectivity index (χ0) is 17.1. The lowest BCUT2D eigenvalue weighted by molar-refractivity contribution is -0.132. The summed E-state index contributed by atoms with van der Waals surface area (Å²) >= 11 is 0. The Bertz CT molecular complexity index is 696. The maximum atomic E-state index is 12.2. The van der Waals surface area contributed by atoms with Crippen molar-refractivity contribution in [2.45, 2.75) is 39.9 Å². The molecule has 1 unspecified atom stereocenters. The summed E-state index contributed by atoms with van der Waals surface area (Å²) in [5, 5.41) is 0. The van der Waals surface area contributed by atoms with Crippen molar-refractivity contribution in [3.8, 4) is 0 Å². The number of carbonyl (C=O) groups is 1. The van der Waals surface area contributed by atoms with Gasteiger partial charge < -0.3 is 9.80 Å². The summed E-state index contributed by atoms with van der Waals surface area (Å²) in [4.78, 5) is 16.7. The Hall–Kier alpha value is -2.29. The molecule has 24 heavy (non-hydrogen) atoms. The van der Waals surface area contributed by atoms with E-state index in [-0.39, 0.29) is 11.9 Å². The molecule has 0 saturated heterocycles. The van der Waals surface area contributed by atoms with E-state index >= 15 is 0 Å². The number of fused-ring (bicyclic) bond motifs is 1. The predicted molar refractivity (Wildman–Crippen MR) is 98.8 cm³/mol. The van der Waals surface area contributed by atoms with Gasteiger partial charge in [-0.25, -0.2) is 0 Å². The molecular weight excluding hydrogens is 296 g/mol. The molecule has 3 nitrogen and oxygen atoms in total. The van der Waals surface area contributed by atoms with E-state index in [0.29, 0.717) is 12.5 Å². The SMILES string of the molecule is CC(=O)N1Cc2ccccc2N(Cc2ccccc2)CC1C(C)C. The number of carbonyl (C=O) groups excluding carboxylic acids is 1. The Morgan fingerprint density at radius 2 is 1.75 bits per heavy atom. The maximum absolute atomic E-state index is 12.2. The van der Waals surface area contributed by atoms with Gasteiger partial charge in [0.15, 0.2) is 0 Å². The fraction of sp³-hybridized carbons (Fsp3) is 0.381. The van der Waals surface area contributed by atoms with Gasteiger partial charge in [0.2, 0.25) is 5.91 Å². The molecule has 126 valence electrons. The lowest BCUT2D eigenvalue weighted by Crippen LogP contribution is -2.46. The van der Waals surface area contributed by atoms with Crippen LogP contribution in [-0.4, -0.2) is 23.4 Å². The summed E-state index contributed by atoms with van der Waals surface area (Å²) in [6.45, 7) is 8.52. The van der Waals surface area contributed by atoms with E-state index in [1.54, 1.807) is 6.92 Å². The van der Waals surface area contributed by atoms with Gasteiger partial charge in [-0.2, -0.15) is 0 Å². The highest BCUT2D eigenvalue weighted by Crippen LogP contribution is 2.30. The van der Waals surface area contributed by atoms with Gasteiger partial charge in [0, 0.05) is 32.2 Å². The normalized spacial score (nSPS) is 17.6. The van der Waals surface area contributed by atoms with Crippen LogP contribution in [0, 0.1) is 5.92 Å². The third-order valence-corrected chi connectivity index (χ3v) is 4.87. The summed E-state index contributed by atoms with van der Waals surface area (Å²) in [5.74, 6) is 0.576. The van der Waals surface area contributed by atoms with E-state index in [1.807, 2.05) is 11.0 Å². The number of anilines is 1. The first-order valence-electron chi connectivity index (χ1n) is 8.70. The summed E-state index contributed by atoms with van der Waals surface area (Å²) in [6.07, 6.45) is 0. The number of rotatable bonds is 3. The van der Waals surface area contributed by atoms with Crippen molar-refractivity contribution in [2.24, 2.45) is 5.92 Å². The second-order valence-electron chi connectivity index (χ2n) is 6.95. The van der Waals surface area contributed by atoms with Crippen molar-refractivity contribution in [1.29, 1.82) is 0 Å². The third-order valence-electron chi connectivity index (χ3n) is 4.87. The van der Waals surface area contributed by atoms with E-state index in [2.05, 4.69) is 67.3 Å². The van der Waals surface area contributed by atoms with E-state index in [1.165, 1.54) is 16.8 Å². The fourth-order valence-electron chi connectivity index (χ4n) is 3.55. The highest BCUT2D eigenvalue weighted by Gasteiger charge is 2.31. The van der Waals surface area contributed by atoms with Gasteiger partial charge in [0.05, 0.1) is 6.04 Å². The molecular formula is C21H26N2O. The molecule has 0 N–H and O–H groups in total. The molecule has 0 fully saturated rings. The predicted octanol–water partition coefficient (Wildman–Crippen LogP) is 4.08. The molecule has 0 radical (unpaired) electrons. The number of hydrogen-bond donors (Lipinski definition) is 0. The maximum Gasteiger partial charge on any atom is 0.220 e. The molecule has 1 heterocycles. The smallest absolute Gasteiger partial charge is 0.220 e. The minimum Gasteiger partial charge on any atom is -0.365 e. The zero-order valence-corrected chi connectivity index (χ0v) is 14.8. The van der Waals surface area contributed by atoms with Crippen LogP contribution in [0.2, 0.25) is 0 Å². The van der Waals surface area contributed by atoms with E-state index in [0.717, 1.165) is 13.1 Å². The molecule has 3 rings (SSSR count). The lowest BCUT2D eigenvalue weighted by Gasteiger charge is -2.34. The van der Waals surface area contributed by atoms with Crippen molar-refractivity contribution < 1.29 is 4.79 Å². The average Bonchev–Trinajstić information content (AvgIpc) is 2.73. The van der Waals surface area contributed by atoms with Gasteiger partial charge in [0.1, 0.15) is 0 Å². The number of benzene rings is 2. The van der Waals surface area contributed by atoms with Crippen LogP contribution in [0.3, 0.4) is 0 Å². The first-order chi connectivity index (χ1) is 11.6. The molecule has 1 aliphatic rings. The molecule has 0 aliphatic carbocycles. The van der Waals surface area contributed by atoms with E-state index in [4.69, 9.17) is 0 Å². The first kappa shape index (κ1) is 16.6. The van der Waals surface area contributed by atoms with Crippen molar-refractivity contribution in [3.63, 3.8) is 0 Å².